The van der Waals surface area contributed by atoms with Crippen LogP contribution in [0, 0.1) is 4.77 Å². The van der Waals surface area contributed by atoms with Crippen molar-refractivity contribution in [1.29, 1.82) is 0 Å². The van der Waals surface area contributed by atoms with Crippen LogP contribution in [0.5, 0.6) is 5.75 Å². The van der Waals surface area contributed by atoms with Gasteiger partial charge in [0.25, 0.3) is 0 Å². The van der Waals surface area contributed by atoms with Gasteiger partial charge in [0.05, 0.1) is 0 Å². The van der Waals surface area contributed by atoms with Crippen LogP contribution in [0.3, 0.4) is 0 Å². The average molecular weight is 303 g/mol. The van der Waals surface area contributed by atoms with Crippen LogP contribution in [0.1, 0.15) is 57.0 Å². The smallest absolute Gasteiger partial charge is 0.195 e. The van der Waals surface area contributed by atoms with Crippen LogP contribution < -0.4 is 4.74 Å². The molecule has 1 aliphatic carbocycles. The van der Waals surface area contributed by atoms with Crippen molar-refractivity contribution in [1.82, 2.24) is 14.8 Å². The van der Waals surface area contributed by atoms with E-state index in [4.69, 9.17) is 17.0 Å². The molecule has 0 aliphatic heterocycles. The van der Waals surface area contributed by atoms with E-state index in [-0.39, 0.29) is 6.10 Å². The Kier molecular flexibility index (Phi) is 4.39. The van der Waals surface area contributed by atoms with Gasteiger partial charge in [-0.3, -0.25) is 9.67 Å². The highest BCUT2D eigenvalue weighted by atomic mass is 32.1. The molecule has 1 N–H and O–H groups in total. The van der Waals surface area contributed by atoms with E-state index in [1.165, 1.54) is 32.1 Å². The molecule has 3 rings (SSSR count). The quantitative estimate of drug-likeness (QED) is 0.840. The Balaban J connectivity index is 1.83. The molecule has 2 aromatic rings. The fourth-order valence-electron chi connectivity index (χ4n) is 3.05. The lowest BCUT2D eigenvalue weighted by molar-refractivity contribution is 0.202. The molecule has 4 nitrogen and oxygen atoms in total. The summed E-state index contributed by atoms with van der Waals surface area (Å²) in [7, 11) is 0. The molecule has 1 atom stereocenters. The van der Waals surface area contributed by atoms with E-state index >= 15 is 0 Å². The number of nitrogens with zero attached hydrogens (tertiary/aromatic N) is 2. The van der Waals surface area contributed by atoms with E-state index in [0.29, 0.717) is 10.8 Å². The molecule has 0 saturated heterocycles. The van der Waals surface area contributed by atoms with Crippen molar-refractivity contribution < 1.29 is 4.74 Å². The van der Waals surface area contributed by atoms with Crippen molar-refractivity contribution in [2.45, 2.75) is 51.2 Å². The molecule has 0 spiro atoms. The summed E-state index contributed by atoms with van der Waals surface area (Å²) in [5, 5.41) is 7.34. The molecule has 1 heterocycles. The minimum absolute atomic E-state index is 0.123. The summed E-state index contributed by atoms with van der Waals surface area (Å²) in [5.41, 5.74) is 0. The van der Waals surface area contributed by atoms with Gasteiger partial charge in [-0.15, -0.1) is 0 Å². The third-order valence-electron chi connectivity index (χ3n) is 4.09. The van der Waals surface area contributed by atoms with E-state index < -0.39 is 0 Å². The topological polar surface area (TPSA) is 42.8 Å². The summed E-state index contributed by atoms with van der Waals surface area (Å²) >= 11 is 5.43. The van der Waals surface area contributed by atoms with Gasteiger partial charge in [-0.05, 0) is 44.1 Å². The largest absolute Gasteiger partial charge is 0.483 e. The number of hydrogen-bond donors (Lipinski definition) is 1. The van der Waals surface area contributed by atoms with E-state index in [1.807, 2.05) is 37.3 Å². The molecule has 1 aromatic carbocycles. The molecule has 1 fully saturated rings. The van der Waals surface area contributed by atoms with Crippen LogP contribution >= 0.6 is 12.2 Å². The number of ether oxygens (including phenoxy) is 1. The standard InChI is InChI=1S/C16H21N3OS/c1-12(20-14-10-6-3-7-11-14)15-17-18-16(21)19(15)13-8-4-2-5-9-13/h3,6-7,10-13H,2,4-5,8-9H2,1H3,(H,18,21). The number of rotatable bonds is 4. The van der Waals surface area contributed by atoms with Crippen molar-refractivity contribution in [2.75, 3.05) is 0 Å². The van der Waals surface area contributed by atoms with Crippen LogP contribution in [-0.2, 0) is 0 Å². The maximum Gasteiger partial charge on any atom is 0.195 e. The molecule has 21 heavy (non-hydrogen) atoms. The van der Waals surface area contributed by atoms with Crippen LogP contribution in [0.15, 0.2) is 30.3 Å². The zero-order chi connectivity index (χ0) is 14.7. The Morgan fingerprint density at radius 2 is 1.95 bits per heavy atom. The highest BCUT2D eigenvalue weighted by Gasteiger charge is 2.23. The van der Waals surface area contributed by atoms with Gasteiger partial charge in [0.1, 0.15) is 5.75 Å². The average Bonchev–Trinajstić information content (AvgIpc) is 2.91. The van der Waals surface area contributed by atoms with Gasteiger partial charge >= 0.3 is 0 Å². The second kappa shape index (κ2) is 6.43. The second-order valence-corrected chi connectivity index (χ2v) is 6.01. The fourth-order valence-corrected chi connectivity index (χ4v) is 3.34. The number of nitrogens with one attached hydrogen (secondary N) is 1. The Bertz CT molecular complexity index is 628. The Morgan fingerprint density at radius 1 is 1.24 bits per heavy atom. The Labute approximate surface area is 130 Å². The van der Waals surface area contributed by atoms with Crippen molar-refractivity contribution >= 4 is 12.2 Å². The Morgan fingerprint density at radius 3 is 2.67 bits per heavy atom. The SMILES string of the molecule is CC(Oc1ccccc1)c1n[nH]c(=S)n1C1CCCCC1. The van der Waals surface area contributed by atoms with Gasteiger partial charge < -0.3 is 4.74 Å². The van der Waals surface area contributed by atoms with Crippen LogP contribution in [0.4, 0.5) is 0 Å². The normalized spacial score (nSPS) is 17.6. The lowest BCUT2D eigenvalue weighted by Gasteiger charge is -2.25. The van der Waals surface area contributed by atoms with E-state index in [2.05, 4.69) is 14.8 Å². The molecule has 0 bridgehead atoms. The van der Waals surface area contributed by atoms with Gasteiger partial charge in [-0.2, -0.15) is 5.10 Å². The van der Waals surface area contributed by atoms with Crippen molar-refractivity contribution in [3.05, 3.63) is 40.9 Å². The zero-order valence-electron chi connectivity index (χ0n) is 12.3. The molecule has 1 unspecified atom stereocenters. The first kappa shape index (κ1) is 14.3. The second-order valence-electron chi connectivity index (χ2n) is 5.62. The lowest BCUT2D eigenvalue weighted by Crippen LogP contribution is -2.19. The molecule has 5 heteroatoms. The molecular formula is C16H21N3OS. The van der Waals surface area contributed by atoms with E-state index in [1.54, 1.807) is 0 Å². The van der Waals surface area contributed by atoms with Gasteiger partial charge in [0.2, 0.25) is 0 Å². The number of hydrogen-bond acceptors (Lipinski definition) is 3. The summed E-state index contributed by atoms with van der Waals surface area (Å²) in [4.78, 5) is 0. The minimum atomic E-state index is -0.123. The summed E-state index contributed by atoms with van der Waals surface area (Å²) in [6.45, 7) is 2.03. The maximum absolute atomic E-state index is 6.00. The number of para-hydroxylation sites is 1. The molecule has 0 amide bonds. The number of aromatic nitrogens is 3. The fraction of sp³-hybridized carbons (Fsp3) is 0.500. The molecule has 112 valence electrons. The van der Waals surface area contributed by atoms with Crippen LogP contribution in [0.25, 0.3) is 0 Å². The first-order valence-electron chi connectivity index (χ1n) is 7.64. The van der Waals surface area contributed by atoms with E-state index in [9.17, 15) is 0 Å². The van der Waals surface area contributed by atoms with Gasteiger partial charge in [-0.25, -0.2) is 0 Å². The Hall–Kier alpha value is -1.62. The summed E-state index contributed by atoms with van der Waals surface area (Å²) < 4.78 is 8.87. The van der Waals surface area contributed by atoms with E-state index in [0.717, 1.165) is 11.6 Å². The number of benzene rings is 1. The van der Waals surface area contributed by atoms with Crippen LogP contribution in [-0.4, -0.2) is 14.8 Å². The van der Waals surface area contributed by atoms with Gasteiger partial charge in [0.15, 0.2) is 16.7 Å². The van der Waals surface area contributed by atoms with Gasteiger partial charge in [-0.1, -0.05) is 37.5 Å². The summed E-state index contributed by atoms with van der Waals surface area (Å²) in [6.07, 6.45) is 6.10. The summed E-state index contributed by atoms with van der Waals surface area (Å²) in [5.74, 6) is 1.75. The van der Waals surface area contributed by atoms with Gasteiger partial charge in [0, 0.05) is 6.04 Å². The number of H-pyrrole nitrogens is 1. The van der Waals surface area contributed by atoms with Crippen molar-refractivity contribution in [3.63, 3.8) is 0 Å². The minimum Gasteiger partial charge on any atom is -0.483 e. The first-order chi connectivity index (χ1) is 10.3. The number of aromatic amines is 1. The van der Waals surface area contributed by atoms with Crippen molar-refractivity contribution in [3.8, 4) is 5.75 Å². The third kappa shape index (κ3) is 3.18. The van der Waals surface area contributed by atoms with Crippen LogP contribution in [0.2, 0.25) is 0 Å². The monoisotopic (exact) mass is 303 g/mol. The highest BCUT2D eigenvalue weighted by Crippen LogP contribution is 2.31. The van der Waals surface area contributed by atoms with Crippen molar-refractivity contribution in [2.24, 2.45) is 0 Å². The molecule has 1 aromatic heterocycles. The lowest BCUT2D eigenvalue weighted by atomic mass is 9.95. The maximum atomic E-state index is 6.00. The first-order valence-corrected chi connectivity index (χ1v) is 8.05. The molecule has 1 aliphatic rings. The predicted molar refractivity (Wildman–Crippen MR) is 85.0 cm³/mol. The molecular weight excluding hydrogens is 282 g/mol. The molecule has 0 radical (unpaired) electrons. The molecule has 1 saturated carbocycles. The summed E-state index contributed by atoms with van der Waals surface area (Å²) in [6, 6.07) is 10.3. The predicted octanol–water partition coefficient (Wildman–Crippen LogP) is 4.59. The third-order valence-corrected chi connectivity index (χ3v) is 4.38. The zero-order valence-corrected chi connectivity index (χ0v) is 13.1. The highest BCUT2D eigenvalue weighted by molar-refractivity contribution is 7.71.